The Balaban J connectivity index is 1.51. The van der Waals surface area contributed by atoms with Crippen molar-refractivity contribution in [2.75, 3.05) is 6.54 Å². The number of para-hydroxylation sites is 1. The second-order valence-electron chi connectivity index (χ2n) is 6.91. The summed E-state index contributed by atoms with van der Waals surface area (Å²) in [5.41, 5.74) is 2.87. The zero-order chi connectivity index (χ0) is 19.2. The van der Waals surface area contributed by atoms with E-state index in [0.717, 1.165) is 17.5 Å². The molecule has 0 bridgehead atoms. The van der Waals surface area contributed by atoms with Gasteiger partial charge < -0.3 is 5.32 Å². The number of hydrogen-bond acceptors (Lipinski definition) is 3. The van der Waals surface area contributed by atoms with Crippen molar-refractivity contribution in [2.45, 2.75) is 39.2 Å². The molecule has 140 valence electrons. The maximum Gasteiger partial charge on any atom is 0.261 e. The number of carbonyl (C=O) groups is 1. The summed E-state index contributed by atoms with van der Waals surface area (Å²) in [5, 5.41) is 3.54. The zero-order valence-electron chi connectivity index (χ0n) is 15.8. The van der Waals surface area contributed by atoms with Crippen molar-refractivity contribution in [1.82, 2.24) is 14.9 Å². The lowest BCUT2D eigenvalue weighted by Gasteiger charge is -2.12. The van der Waals surface area contributed by atoms with E-state index >= 15 is 0 Å². The molecule has 1 aromatic heterocycles. The molecule has 0 aliphatic heterocycles. The highest BCUT2D eigenvalue weighted by molar-refractivity contribution is 5.80. The molecule has 3 aromatic rings. The third-order valence-corrected chi connectivity index (χ3v) is 4.90. The van der Waals surface area contributed by atoms with Gasteiger partial charge in [-0.25, -0.2) is 4.98 Å². The van der Waals surface area contributed by atoms with Gasteiger partial charge in [-0.2, -0.15) is 0 Å². The highest BCUT2D eigenvalue weighted by Gasteiger charge is 2.09. The molecular formula is C22H25N3O2. The van der Waals surface area contributed by atoms with Crippen molar-refractivity contribution >= 4 is 16.8 Å². The number of carbonyl (C=O) groups excluding carboxylic acids is 1. The topological polar surface area (TPSA) is 64.0 Å². The SMILES string of the molecule is Cc1cccc2c(=O)n(CCC(=O)NCCC(C)c3ccccc3)cnc12. The van der Waals surface area contributed by atoms with E-state index < -0.39 is 0 Å². The molecule has 27 heavy (non-hydrogen) atoms. The van der Waals surface area contributed by atoms with Crippen LogP contribution in [-0.2, 0) is 11.3 Å². The predicted octanol–water partition coefficient (Wildman–Crippen LogP) is 3.41. The lowest BCUT2D eigenvalue weighted by atomic mass is 9.98. The number of aromatic nitrogens is 2. The maximum absolute atomic E-state index is 12.5. The number of benzene rings is 2. The summed E-state index contributed by atoms with van der Waals surface area (Å²) in [4.78, 5) is 29.0. The summed E-state index contributed by atoms with van der Waals surface area (Å²) < 4.78 is 1.51. The van der Waals surface area contributed by atoms with Gasteiger partial charge in [-0.05, 0) is 36.5 Å². The molecule has 0 saturated heterocycles. The summed E-state index contributed by atoms with van der Waals surface area (Å²) in [6, 6.07) is 15.8. The molecule has 1 amide bonds. The molecule has 2 aromatic carbocycles. The van der Waals surface area contributed by atoms with E-state index in [1.54, 1.807) is 6.07 Å². The average molecular weight is 363 g/mol. The molecule has 0 fully saturated rings. The first kappa shape index (κ1) is 18.8. The number of amides is 1. The van der Waals surface area contributed by atoms with Crippen LogP contribution in [0.5, 0.6) is 0 Å². The molecule has 1 N–H and O–H groups in total. The average Bonchev–Trinajstić information content (AvgIpc) is 2.68. The highest BCUT2D eigenvalue weighted by Crippen LogP contribution is 2.17. The van der Waals surface area contributed by atoms with Gasteiger partial charge in [0.15, 0.2) is 0 Å². The van der Waals surface area contributed by atoms with Gasteiger partial charge in [0.05, 0.1) is 17.2 Å². The molecule has 3 rings (SSSR count). The standard InChI is InChI=1S/C22H25N3O2/c1-16(18-8-4-3-5-9-18)11-13-23-20(26)12-14-25-15-24-21-17(2)7-6-10-19(21)22(25)27/h3-10,15-16H,11-14H2,1-2H3,(H,23,26). The van der Waals surface area contributed by atoms with Gasteiger partial charge in [-0.1, -0.05) is 49.4 Å². The summed E-state index contributed by atoms with van der Waals surface area (Å²) in [5.74, 6) is 0.341. The highest BCUT2D eigenvalue weighted by atomic mass is 16.1. The molecule has 5 heteroatoms. The Morgan fingerprint density at radius 1 is 1.15 bits per heavy atom. The molecule has 1 atom stereocenters. The van der Waals surface area contributed by atoms with E-state index in [-0.39, 0.29) is 17.9 Å². The van der Waals surface area contributed by atoms with Crippen LogP contribution in [0.4, 0.5) is 0 Å². The first-order chi connectivity index (χ1) is 13.1. The van der Waals surface area contributed by atoms with Crippen molar-refractivity contribution in [3.8, 4) is 0 Å². The largest absolute Gasteiger partial charge is 0.356 e. The normalized spacial score (nSPS) is 12.1. The van der Waals surface area contributed by atoms with Crippen molar-refractivity contribution in [3.63, 3.8) is 0 Å². The van der Waals surface area contributed by atoms with E-state index in [1.807, 2.05) is 37.3 Å². The quantitative estimate of drug-likeness (QED) is 0.700. The molecule has 0 aliphatic carbocycles. The zero-order valence-corrected chi connectivity index (χ0v) is 15.8. The first-order valence-corrected chi connectivity index (χ1v) is 9.32. The number of rotatable bonds is 7. The second kappa shape index (κ2) is 8.62. The molecule has 5 nitrogen and oxygen atoms in total. The van der Waals surface area contributed by atoms with Gasteiger partial charge in [-0.15, -0.1) is 0 Å². The summed E-state index contributed by atoms with van der Waals surface area (Å²) >= 11 is 0. The number of fused-ring (bicyclic) bond motifs is 1. The van der Waals surface area contributed by atoms with Crippen molar-refractivity contribution in [2.24, 2.45) is 0 Å². The van der Waals surface area contributed by atoms with Crippen LogP contribution in [0.25, 0.3) is 10.9 Å². The van der Waals surface area contributed by atoms with Gasteiger partial charge in [0.2, 0.25) is 5.91 Å². The van der Waals surface area contributed by atoms with Gasteiger partial charge in [0, 0.05) is 19.5 Å². The molecule has 0 saturated carbocycles. The van der Waals surface area contributed by atoms with Crippen molar-refractivity contribution in [1.29, 1.82) is 0 Å². The van der Waals surface area contributed by atoms with Crippen molar-refractivity contribution in [3.05, 3.63) is 76.3 Å². The van der Waals surface area contributed by atoms with Crippen LogP contribution in [0.3, 0.4) is 0 Å². The third-order valence-electron chi connectivity index (χ3n) is 4.90. The maximum atomic E-state index is 12.5. The van der Waals surface area contributed by atoms with Crippen LogP contribution in [0.2, 0.25) is 0 Å². The third kappa shape index (κ3) is 4.61. The number of hydrogen-bond donors (Lipinski definition) is 1. The van der Waals surface area contributed by atoms with Crippen molar-refractivity contribution < 1.29 is 4.79 Å². The van der Waals surface area contributed by atoms with E-state index in [9.17, 15) is 9.59 Å². The Bertz CT molecular complexity index is 980. The number of nitrogens with one attached hydrogen (secondary N) is 1. The molecule has 0 radical (unpaired) electrons. The summed E-state index contributed by atoms with van der Waals surface area (Å²) in [6.45, 7) is 5.04. The Morgan fingerprint density at radius 2 is 1.93 bits per heavy atom. The number of aryl methyl sites for hydroxylation is 2. The van der Waals surface area contributed by atoms with Crippen LogP contribution in [0, 0.1) is 6.92 Å². The smallest absolute Gasteiger partial charge is 0.261 e. The first-order valence-electron chi connectivity index (χ1n) is 9.32. The minimum atomic E-state index is -0.103. The van der Waals surface area contributed by atoms with Crippen LogP contribution >= 0.6 is 0 Å². The van der Waals surface area contributed by atoms with Crippen LogP contribution < -0.4 is 10.9 Å². The van der Waals surface area contributed by atoms with Gasteiger partial charge in [0.1, 0.15) is 0 Å². The molecule has 0 spiro atoms. The minimum absolute atomic E-state index is 0.0495. The van der Waals surface area contributed by atoms with Gasteiger partial charge in [-0.3, -0.25) is 14.2 Å². The Morgan fingerprint density at radius 3 is 2.70 bits per heavy atom. The van der Waals surface area contributed by atoms with Crippen LogP contribution in [-0.4, -0.2) is 22.0 Å². The fraction of sp³-hybridized carbons (Fsp3) is 0.318. The van der Waals surface area contributed by atoms with E-state index in [1.165, 1.54) is 16.5 Å². The van der Waals surface area contributed by atoms with Crippen LogP contribution in [0.1, 0.15) is 36.8 Å². The number of nitrogens with zero attached hydrogens (tertiary/aromatic N) is 2. The second-order valence-corrected chi connectivity index (χ2v) is 6.91. The summed E-state index contributed by atoms with van der Waals surface area (Å²) in [6.07, 6.45) is 2.67. The lowest BCUT2D eigenvalue weighted by molar-refractivity contribution is -0.121. The van der Waals surface area contributed by atoms with E-state index in [0.29, 0.717) is 24.4 Å². The Labute approximate surface area is 159 Å². The molecule has 0 aliphatic rings. The minimum Gasteiger partial charge on any atom is -0.356 e. The molecule has 1 unspecified atom stereocenters. The van der Waals surface area contributed by atoms with E-state index in [4.69, 9.17) is 0 Å². The molecule has 1 heterocycles. The fourth-order valence-electron chi connectivity index (χ4n) is 3.18. The van der Waals surface area contributed by atoms with E-state index in [2.05, 4.69) is 29.4 Å². The van der Waals surface area contributed by atoms with Gasteiger partial charge in [0.25, 0.3) is 5.56 Å². The Hall–Kier alpha value is -2.95. The predicted molar refractivity (Wildman–Crippen MR) is 108 cm³/mol. The molecular weight excluding hydrogens is 338 g/mol. The van der Waals surface area contributed by atoms with Crippen LogP contribution in [0.15, 0.2) is 59.7 Å². The monoisotopic (exact) mass is 363 g/mol. The lowest BCUT2D eigenvalue weighted by Crippen LogP contribution is -2.28. The fourth-order valence-corrected chi connectivity index (χ4v) is 3.18. The summed E-state index contributed by atoms with van der Waals surface area (Å²) in [7, 11) is 0. The van der Waals surface area contributed by atoms with Gasteiger partial charge >= 0.3 is 0 Å². The Kier molecular flexibility index (Phi) is 6.01.